The summed E-state index contributed by atoms with van der Waals surface area (Å²) in [5.74, 6) is -1.04. The van der Waals surface area contributed by atoms with E-state index in [1.807, 2.05) is 6.20 Å². The van der Waals surface area contributed by atoms with Crippen LogP contribution in [0.1, 0.15) is 31.1 Å². The van der Waals surface area contributed by atoms with E-state index >= 15 is 0 Å². The molecule has 1 fully saturated rings. The molecule has 1 saturated heterocycles. The normalized spacial score (nSPS) is 19.1. The van der Waals surface area contributed by atoms with Crippen LogP contribution in [0.3, 0.4) is 0 Å². The number of ether oxygens (including phenoxy) is 1. The molecule has 4 rings (SSSR count). The van der Waals surface area contributed by atoms with Gasteiger partial charge in [0.1, 0.15) is 18.0 Å². The number of rotatable bonds is 6. The van der Waals surface area contributed by atoms with Crippen molar-refractivity contribution in [1.29, 1.82) is 0 Å². The van der Waals surface area contributed by atoms with Crippen molar-refractivity contribution in [3.05, 3.63) is 58.2 Å². The number of carboxylic acid groups (broad SMARTS) is 1. The molecule has 168 valence electrons. The number of carboxylic acids is 1. The molecule has 0 saturated carbocycles. The summed E-state index contributed by atoms with van der Waals surface area (Å²) in [6, 6.07) is 3.65. The number of nitrogens with zero attached hydrogens (tertiary/aromatic N) is 3. The molecule has 0 amide bonds. The molecule has 11 heteroatoms. The fourth-order valence-corrected chi connectivity index (χ4v) is 4.34. The lowest BCUT2D eigenvalue weighted by molar-refractivity contribution is -0.139. The Morgan fingerprint density at radius 2 is 2.16 bits per heavy atom. The number of aromatic nitrogens is 3. The van der Waals surface area contributed by atoms with Crippen molar-refractivity contribution in [2.45, 2.75) is 31.5 Å². The topological polar surface area (TPSA) is 115 Å². The zero-order chi connectivity index (χ0) is 23.0. The number of carbonyl (C=O) groups is 1. The standard InChI is InChI=1S/C21H20Cl2FN5O3/c1-10(18-14(22)2-3-15(24)19(18)23)32-17-4-11(6-27-20(17)25)12-7-28-29(9-12)13-5-16(21(30)31)26-8-13/h2-4,6-7,9-10,13,16,26H,5,8H2,1H3,(H2,25,27)(H,30,31). The summed E-state index contributed by atoms with van der Waals surface area (Å²) in [5.41, 5.74) is 7.76. The molecule has 1 aliphatic heterocycles. The number of nitrogens with two attached hydrogens (primary N) is 1. The van der Waals surface area contributed by atoms with Crippen molar-refractivity contribution in [2.75, 3.05) is 12.3 Å². The molecule has 32 heavy (non-hydrogen) atoms. The SMILES string of the molecule is CC(Oc1cc(-c2cnn(C3CNC(C(=O)O)C3)c2)cnc1N)c1c(Cl)ccc(F)c1Cl. The lowest BCUT2D eigenvalue weighted by Crippen LogP contribution is -2.29. The maximum atomic E-state index is 13.9. The molecular weight excluding hydrogens is 460 g/mol. The Hall–Kier alpha value is -2.88. The molecule has 3 atom stereocenters. The molecule has 2 aromatic heterocycles. The van der Waals surface area contributed by atoms with Crippen LogP contribution >= 0.6 is 23.2 Å². The fourth-order valence-electron chi connectivity index (χ4n) is 3.67. The number of hydrogen-bond acceptors (Lipinski definition) is 6. The Balaban J connectivity index is 1.56. The summed E-state index contributed by atoms with van der Waals surface area (Å²) in [6.07, 6.45) is 4.82. The van der Waals surface area contributed by atoms with E-state index in [2.05, 4.69) is 15.4 Å². The van der Waals surface area contributed by atoms with Gasteiger partial charge >= 0.3 is 5.97 Å². The molecule has 4 N–H and O–H groups in total. The van der Waals surface area contributed by atoms with Gasteiger partial charge in [-0.05, 0) is 31.5 Å². The average molecular weight is 480 g/mol. The van der Waals surface area contributed by atoms with Crippen LogP contribution in [0.5, 0.6) is 5.75 Å². The Morgan fingerprint density at radius 1 is 1.38 bits per heavy atom. The van der Waals surface area contributed by atoms with Crippen molar-refractivity contribution in [2.24, 2.45) is 0 Å². The minimum Gasteiger partial charge on any atom is -0.482 e. The maximum absolute atomic E-state index is 13.9. The van der Waals surface area contributed by atoms with Gasteiger partial charge in [0.05, 0.1) is 17.3 Å². The number of anilines is 1. The molecular formula is C21H20Cl2FN5O3. The molecule has 3 aromatic rings. The Morgan fingerprint density at radius 3 is 2.88 bits per heavy atom. The van der Waals surface area contributed by atoms with E-state index in [4.69, 9.17) is 38.8 Å². The summed E-state index contributed by atoms with van der Waals surface area (Å²) >= 11 is 12.3. The third kappa shape index (κ3) is 4.36. The van der Waals surface area contributed by atoms with Crippen LogP contribution in [0.2, 0.25) is 10.0 Å². The largest absolute Gasteiger partial charge is 0.482 e. The van der Waals surface area contributed by atoms with Crippen molar-refractivity contribution in [1.82, 2.24) is 20.1 Å². The third-order valence-electron chi connectivity index (χ3n) is 5.39. The molecule has 0 spiro atoms. The van der Waals surface area contributed by atoms with E-state index < -0.39 is 23.9 Å². The van der Waals surface area contributed by atoms with Crippen molar-refractivity contribution < 1.29 is 19.0 Å². The highest BCUT2D eigenvalue weighted by Gasteiger charge is 2.30. The third-order valence-corrected chi connectivity index (χ3v) is 6.10. The number of nitrogen functional groups attached to an aromatic ring is 1. The first-order valence-electron chi connectivity index (χ1n) is 9.81. The van der Waals surface area contributed by atoms with E-state index in [0.29, 0.717) is 24.1 Å². The summed E-state index contributed by atoms with van der Waals surface area (Å²) in [6.45, 7) is 2.20. The lowest BCUT2D eigenvalue weighted by atomic mass is 10.1. The van der Waals surface area contributed by atoms with Gasteiger partial charge in [-0.1, -0.05) is 23.2 Å². The van der Waals surface area contributed by atoms with E-state index in [1.54, 1.807) is 30.1 Å². The molecule has 0 bridgehead atoms. The van der Waals surface area contributed by atoms with Gasteiger partial charge < -0.3 is 20.9 Å². The Labute approximate surface area is 193 Å². The van der Waals surface area contributed by atoms with E-state index in [0.717, 1.165) is 5.56 Å². The van der Waals surface area contributed by atoms with Crippen LogP contribution in [0.25, 0.3) is 11.1 Å². The highest BCUT2D eigenvalue weighted by molar-refractivity contribution is 6.36. The smallest absolute Gasteiger partial charge is 0.320 e. The zero-order valence-corrected chi connectivity index (χ0v) is 18.4. The van der Waals surface area contributed by atoms with Gasteiger partial charge in [-0.3, -0.25) is 9.48 Å². The quantitative estimate of drug-likeness (QED) is 0.455. The van der Waals surface area contributed by atoms with Gasteiger partial charge in [-0.2, -0.15) is 5.10 Å². The fraction of sp³-hybridized carbons (Fsp3) is 0.286. The summed E-state index contributed by atoms with van der Waals surface area (Å²) in [7, 11) is 0. The second kappa shape index (κ2) is 8.93. The first-order chi connectivity index (χ1) is 15.2. The van der Waals surface area contributed by atoms with Gasteiger partial charge in [0.25, 0.3) is 0 Å². The van der Waals surface area contributed by atoms with E-state index in [-0.39, 0.29) is 27.7 Å². The van der Waals surface area contributed by atoms with Gasteiger partial charge in [-0.15, -0.1) is 0 Å². The number of pyridine rings is 1. The number of halogens is 3. The van der Waals surface area contributed by atoms with Crippen LogP contribution < -0.4 is 15.8 Å². The van der Waals surface area contributed by atoms with Crippen LogP contribution in [0.15, 0.2) is 36.8 Å². The van der Waals surface area contributed by atoms with E-state index in [1.165, 1.54) is 12.1 Å². The second-order valence-electron chi connectivity index (χ2n) is 7.52. The summed E-state index contributed by atoms with van der Waals surface area (Å²) in [4.78, 5) is 15.4. The van der Waals surface area contributed by atoms with Crippen LogP contribution in [0, 0.1) is 5.82 Å². The molecule has 8 nitrogen and oxygen atoms in total. The monoisotopic (exact) mass is 479 g/mol. The second-order valence-corrected chi connectivity index (χ2v) is 8.31. The Bertz CT molecular complexity index is 1170. The van der Waals surface area contributed by atoms with Gasteiger partial charge in [0.15, 0.2) is 11.6 Å². The number of aliphatic carboxylic acids is 1. The number of nitrogens with one attached hydrogen (secondary N) is 1. The summed E-state index contributed by atoms with van der Waals surface area (Å²) in [5, 5.41) is 16.7. The predicted octanol–water partition coefficient (Wildman–Crippen LogP) is 4.10. The molecule has 0 aliphatic carbocycles. The van der Waals surface area contributed by atoms with Crippen LogP contribution in [0.4, 0.5) is 10.2 Å². The minimum atomic E-state index is -0.878. The molecule has 0 radical (unpaired) electrons. The van der Waals surface area contributed by atoms with Crippen molar-refractivity contribution >= 4 is 35.0 Å². The number of hydrogen-bond donors (Lipinski definition) is 3. The van der Waals surface area contributed by atoms with Crippen molar-refractivity contribution in [3.63, 3.8) is 0 Å². The molecule has 3 unspecified atom stereocenters. The van der Waals surface area contributed by atoms with Gasteiger partial charge in [0.2, 0.25) is 0 Å². The molecule has 3 heterocycles. The maximum Gasteiger partial charge on any atom is 0.320 e. The minimum absolute atomic E-state index is 0.0698. The zero-order valence-electron chi connectivity index (χ0n) is 16.9. The highest BCUT2D eigenvalue weighted by Crippen LogP contribution is 2.37. The summed E-state index contributed by atoms with van der Waals surface area (Å²) < 4.78 is 21.6. The van der Waals surface area contributed by atoms with E-state index in [9.17, 15) is 9.18 Å². The lowest BCUT2D eigenvalue weighted by Gasteiger charge is -2.19. The average Bonchev–Trinajstić information content (AvgIpc) is 3.42. The molecule has 1 aromatic carbocycles. The molecule has 1 aliphatic rings. The predicted molar refractivity (Wildman–Crippen MR) is 118 cm³/mol. The first-order valence-corrected chi connectivity index (χ1v) is 10.6. The van der Waals surface area contributed by atoms with Crippen molar-refractivity contribution in [3.8, 4) is 16.9 Å². The van der Waals surface area contributed by atoms with Crippen LogP contribution in [-0.2, 0) is 4.79 Å². The Kier molecular flexibility index (Phi) is 6.23. The van der Waals surface area contributed by atoms with Crippen LogP contribution in [-0.4, -0.2) is 38.4 Å². The van der Waals surface area contributed by atoms with Gasteiger partial charge in [0, 0.05) is 40.7 Å². The highest BCUT2D eigenvalue weighted by atomic mass is 35.5. The first kappa shape index (κ1) is 22.3. The number of benzene rings is 1. The van der Waals surface area contributed by atoms with Gasteiger partial charge in [-0.25, -0.2) is 9.37 Å².